The lowest BCUT2D eigenvalue weighted by Crippen LogP contribution is -2.07. The van der Waals surface area contributed by atoms with Crippen LogP contribution in [0.1, 0.15) is 31.2 Å². The van der Waals surface area contributed by atoms with E-state index in [1.54, 1.807) is 12.1 Å². The summed E-state index contributed by atoms with van der Waals surface area (Å²) >= 11 is 0. The van der Waals surface area contributed by atoms with Gasteiger partial charge in [-0.1, -0.05) is 0 Å². The van der Waals surface area contributed by atoms with Gasteiger partial charge < -0.3 is 9.47 Å². The average molecular weight is 231 g/mol. The molecule has 0 spiro atoms. The number of rotatable bonds is 5. The summed E-state index contributed by atoms with van der Waals surface area (Å²) in [7, 11) is 0. The van der Waals surface area contributed by atoms with Crippen molar-refractivity contribution in [3.8, 4) is 11.8 Å². The summed E-state index contributed by atoms with van der Waals surface area (Å²) in [4.78, 5) is 0. The highest BCUT2D eigenvalue weighted by Gasteiger charge is 2.14. The van der Waals surface area contributed by atoms with E-state index in [2.05, 4.69) is 6.07 Å². The molecule has 0 saturated carbocycles. The second-order valence-corrected chi connectivity index (χ2v) is 4.26. The van der Waals surface area contributed by atoms with Gasteiger partial charge in [-0.15, -0.1) is 0 Å². The normalized spacial score (nSPS) is 18.9. The fraction of sp³-hybridized carbons (Fsp3) is 0.500. The van der Waals surface area contributed by atoms with Crippen molar-refractivity contribution in [2.45, 2.75) is 31.8 Å². The lowest BCUT2D eigenvalue weighted by atomic mass is 10.1. The maximum absolute atomic E-state index is 8.66. The number of nitriles is 1. The lowest BCUT2D eigenvalue weighted by Gasteiger charge is -2.09. The van der Waals surface area contributed by atoms with E-state index in [9.17, 15) is 0 Å². The maximum Gasteiger partial charge on any atom is 0.119 e. The summed E-state index contributed by atoms with van der Waals surface area (Å²) in [6.07, 6.45) is 4.93. The highest BCUT2D eigenvalue weighted by molar-refractivity contribution is 5.34. The number of ether oxygens (including phenoxy) is 2. The molecule has 3 heteroatoms. The molecule has 1 saturated heterocycles. The molecule has 1 aliphatic heterocycles. The molecule has 1 fully saturated rings. The van der Waals surface area contributed by atoms with Crippen LogP contribution in [-0.2, 0) is 4.74 Å². The number of hydrogen-bond acceptors (Lipinski definition) is 3. The van der Waals surface area contributed by atoms with Crippen molar-refractivity contribution in [2.75, 3.05) is 13.2 Å². The van der Waals surface area contributed by atoms with Gasteiger partial charge in [0.05, 0.1) is 24.3 Å². The zero-order chi connectivity index (χ0) is 11.9. The monoisotopic (exact) mass is 231 g/mol. The molecule has 0 aliphatic carbocycles. The Morgan fingerprint density at radius 1 is 1.35 bits per heavy atom. The Kier molecular flexibility index (Phi) is 4.40. The maximum atomic E-state index is 8.66. The molecule has 90 valence electrons. The number of nitrogens with zero attached hydrogens (tertiary/aromatic N) is 1. The smallest absolute Gasteiger partial charge is 0.119 e. The van der Waals surface area contributed by atoms with Crippen molar-refractivity contribution < 1.29 is 9.47 Å². The molecule has 1 heterocycles. The average Bonchev–Trinajstić information content (AvgIpc) is 2.88. The second kappa shape index (κ2) is 6.27. The van der Waals surface area contributed by atoms with Crippen LogP contribution < -0.4 is 4.74 Å². The van der Waals surface area contributed by atoms with Crippen molar-refractivity contribution in [3.05, 3.63) is 29.8 Å². The largest absolute Gasteiger partial charge is 0.494 e. The van der Waals surface area contributed by atoms with E-state index in [0.29, 0.717) is 18.3 Å². The summed E-state index contributed by atoms with van der Waals surface area (Å²) in [6, 6.07) is 9.31. The minimum absolute atomic E-state index is 0.444. The van der Waals surface area contributed by atoms with E-state index in [0.717, 1.165) is 25.2 Å². The molecule has 0 N–H and O–H groups in total. The Hall–Kier alpha value is -1.53. The van der Waals surface area contributed by atoms with Gasteiger partial charge in [0.1, 0.15) is 5.75 Å². The van der Waals surface area contributed by atoms with Crippen molar-refractivity contribution in [1.82, 2.24) is 0 Å². The van der Waals surface area contributed by atoms with Crippen LogP contribution in [0.5, 0.6) is 5.75 Å². The van der Waals surface area contributed by atoms with E-state index in [4.69, 9.17) is 14.7 Å². The predicted octanol–water partition coefficient (Wildman–Crippen LogP) is 2.90. The third kappa shape index (κ3) is 3.76. The zero-order valence-electron chi connectivity index (χ0n) is 9.89. The fourth-order valence-electron chi connectivity index (χ4n) is 2.00. The first-order chi connectivity index (χ1) is 8.38. The van der Waals surface area contributed by atoms with E-state index < -0.39 is 0 Å². The SMILES string of the molecule is N#Cc1ccc(OCCCC2CCCO2)cc1. The van der Waals surface area contributed by atoms with E-state index in [-0.39, 0.29) is 0 Å². The Morgan fingerprint density at radius 2 is 2.18 bits per heavy atom. The van der Waals surface area contributed by atoms with Gasteiger partial charge in [0.25, 0.3) is 0 Å². The van der Waals surface area contributed by atoms with Crippen LogP contribution in [0, 0.1) is 11.3 Å². The van der Waals surface area contributed by atoms with Crippen LogP contribution >= 0.6 is 0 Å². The van der Waals surface area contributed by atoms with Crippen molar-refractivity contribution in [3.63, 3.8) is 0 Å². The van der Waals surface area contributed by atoms with Crippen molar-refractivity contribution in [2.24, 2.45) is 0 Å². The number of benzene rings is 1. The van der Waals surface area contributed by atoms with Gasteiger partial charge in [-0.05, 0) is 49.9 Å². The molecule has 1 unspecified atom stereocenters. The Labute approximate surface area is 102 Å². The minimum atomic E-state index is 0.444. The molecule has 1 aromatic carbocycles. The molecular weight excluding hydrogens is 214 g/mol. The van der Waals surface area contributed by atoms with Crippen LogP contribution in [0.3, 0.4) is 0 Å². The third-order valence-corrected chi connectivity index (χ3v) is 2.95. The molecule has 17 heavy (non-hydrogen) atoms. The van der Waals surface area contributed by atoms with Crippen molar-refractivity contribution >= 4 is 0 Å². The molecular formula is C14H17NO2. The van der Waals surface area contributed by atoms with Crippen LogP contribution in [0.25, 0.3) is 0 Å². The molecule has 2 rings (SSSR count). The van der Waals surface area contributed by atoms with E-state index in [1.165, 1.54) is 12.8 Å². The Bertz CT molecular complexity index is 374. The second-order valence-electron chi connectivity index (χ2n) is 4.26. The summed E-state index contributed by atoms with van der Waals surface area (Å²) in [5.41, 5.74) is 0.664. The summed E-state index contributed by atoms with van der Waals surface area (Å²) in [6.45, 7) is 1.63. The number of hydrogen-bond donors (Lipinski definition) is 0. The van der Waals surface area contributed by atoms with Gasteiger partial charge in [-0.3, -0.25) is 0 Å². The topological polar surface area (TPSA) is 42.2 Å². The third-order valence-electron chi connectivity index (χ3n) is 2.95. The van der Waals surface area contributed by atoms with Crippen LogP contribution in [0.2, 0.25) is 0 Å². The van der Waals surface area contributed by atoms with Crippen molar-refractivity contribution in [1.29, 1.82) is 5.26 Å². The molecule has 0 amide bonds. The summed E-state index contributed by atoms with van der Waals surface area (Å²) < 4.78 is 11.1. The molecule has 3 nitrogen and oxygen atoms in total. The van der Waals surface area contributed by atoms with Gasteiger partial charge in [-0.2, -0.15) is 5.26 Å². The minimum Gasteiger partial charge on any atom is -0.494 e. The van der Waals surface area contributed by atoms with Crippen LogP contribution in [0.15, 0.2) is 24.3 Å². The van der Waals surface area contributed by atoms with Crippen LogP contribution in [-0.4, -0.2) is 19.3 Å². The summed E-state index contributed by atoms with van der Waals surface area (Å²) in [5.74, 6) is 0.830. The molecule has 0 bridgehead atoms. The molecule has 1 aromatic rings. The lowest BCUT2D eigenvalue weighted by molar-refractivity contribution is 0.0981. The highest BCUT2D eigenvalue weighted by Crippen LogP contribution is 2.17. The zero-order valence-corrected chi connectivity index (χ0v) is 9.89. The van der Waals surface area contributed by atoms with Gasteiger partial charge in [0.2, 0.25) is 0 Å². The van der Waals surface area contributed by atoms with E-state index >= 15 is 0 Å². The van der Waals surface area contributed by atoms with E-state index in [1.807, 2.05) is 12.1 Å². The quantitative estimate of drug-likeness (QED) is 0.732. The predicted molar refractivity (Wildman–Crippen MR) is 64.9 cm³/mol. The standard InChI is InChI=1S/C14H17NO2/c15-11-12-5-7-14(8-6-12)17-10-2-4-13-3-1-9-16-13/h5-8,13H,1-4,9-10H2. The van der Waals surface area contributed by atoms with Gasteiger partial charge >= 0.3 is 0 Å². The highest BCUT2D eigenvalue weighted by atomic mass is 16.5. The van der Waals surface area contributed by atoms with Crippen LogP contribution in [0.4, 0.5) is 0 Å². The Balaban J connectivity index is 1.65. The molecule has 0 radical (unpaired) electrons. The fourth-order valence-corrected chi connectivity index (χ4v) is 2.00. The molecule has 0 aromatic heterocycles. The Morgan fingerprint density at radius 3 is 2.82 bits per heavy atom. The summed E-state index contributed by atoms with van der Waals surface area (Å²) in [5, 5.41) is 8.66. The van der Waals surface area contributed by atoms with Gasteiger partial charge in [0, 0.05) is 6.61 Å². The molecule has 1 atom stereocenters. The first kappa shape index (κ1) is 11.9. The first-order valence-corrected chi connectivity index (χ1v) is 6.13. The van der Waals surface area contributed by atoms with Gasteiger partial charge in [-0.25, -0.2) is 0 Å². The first-order valence-electron chi connectivity index (χ1n) is 6.13. The van der Waals surface area contributed by atoms with Gasteiger partial charge in [0.15, 0.2) is 0 Å². The molecule has 1 aliphatic rings.